The van der Waals surface area contributed by atoms with Crippen LogP contribution < -0.4 is 15.4 Å². The molecule has 2 aromatic rings. The minimum absolute atomic E-state index is 0.00811. The van der Waals surface area contributed by atoms with Crippen molar-refractivity contribution in [2.45, 2.75) is 6.54 Å². The molecule has 3 rings (SSSR count). The molecule has 1 aliphatic heterocycles. The van der Waals surface area contributed by atoms with Gasteiger partial charge >= 0.3 is 0 Å². The van der Waals surface area contributed by atoms with Gasteiger partial charge in [0.05, 0.1) is 7.11 Å². The zero-order valence-electron chi connectivity index (χ0n) is 13.1. The number of nitrogens with zero attached hydrogens (tertiary/aromatic N) is 3. The van der Waals surface area contributed by atoms with Crippen LogP contribution in [0.3, 0.4) is 0 Å². The molecule has 7 heteroatoms. The number of carbonyl (C=O) groups is 1. The Hall–Kier alpha value is -2.12. The minimum Gasteiger partial charge on any atom is -0.497 e. The molecule has 6 nitrogen and oxygen atoms in total. The average Bonchev–Trinajstić information content (AvgIpc) is 3.10. The molecule has 2 heterocycles. The number of piperazine rings is 1. The van der Waals surface area contributed by atoms with Crippen LogP contribution in [-0.4, -0.2) is 49.1 Å². The molecule has 0 bridgehead atoms. The fraction of sp³-hybridized carbons (Fsp3) is 0.375. The Morgan fingerprint density at radius 2 is 2.13 bits per heavy atom. The van der Waals surface area contributed by atoms with E-state index in [1.165, 1.54) is 11.3 Å². The van der Waals surface area contributed by atoms with Crippen molar-refractivity contribution in [1.82, 2.24) is 9.88 Å². The number of thiazole rings is 1. The smallest absolute Gasteiger partial charge is 0.273 e. The zero-order valence-corrected chi connectivity index (χ0v) is 13.9. The van der Waals surface area contributed by atoms with Crippen LogP contribution in [0.25, 0.3) is 0 Å². The number of carbonyl (C=O) groups excluding carboxylic acids is 1. The number of nitrogens with two attached hydrogens (primary N) is 1. The number of ether oxygens (including phenoxy) is 1. The fourth-order valence-electron chi connectivity index (χ4n) is 2.64. The van der Waals surface area contributed by atoms with Crippen molar-refractivity contribution in [3.63, 3.8) is 0 Å². The summed E-state index contributed by atoms with van der Waals surface area (Å²) < 4.78 is 5.27. The fourth-order valence-corrected chi connectivity index (χ4v) is 3.29. The lowest BCUT2D eigenvalue weighted by Gasteiger charge is -2.35. The van der Waals surface area contributed by atoms with Crippen molar-refractivity contribution in [1.29, 1.82) is 0 Å². The molecule has 0 unspecified atom stereocenters. The molecule has 0 saturated carbocycles. The third-order valence-electron chi connectivity index (χ3n) is 3.93. The van der Waals surface area contributed by atoms with E-state index in [2.05, 4.69) is 16.0 Å². The van der Waals surface area contributed by atoms with Crippen molar-refractivity contribution in [2.24, 2.45) is 5.73 Å². The van der Waals surface area contributed by atoms with E-state index in [9.17, 15) is 4.79 Å². The minimum atomic E-state index is -0.00811. The molecule has 2 N–H and O–H groups in total. The van der Waals surface area contributed by atoms with Gasteiger partial charge in [0.1, 0.15) is 16.5 Å². The normalized spacial score (nSPS) is 14.9. The molecule has 0 radical (unpaired) electrons. The first-order valence-corrected chi connectivity index (χ1v) is 8.42. The van der Waals surface area contributed by atoms with Gasteiger partial charge in [0, 0.05) is 49.9 Å². The summed E-state index contributed by atoms with van der Waals surface area (Å²) in [6.07, 6.45) is 0. The number of hydrogen-bond acceptors (Lipinski definition) is 6. The summed E-state index contributed by atoms with van der Waals surface area (Å²) >= 11 is 1.44. The quantitative estimate of drug-likeness (QED) is 0.920. The van der Waals surface area contributed by atoms with Gasteiger partial charge in [-0.25, -0.2) is 4.98 Å². The van der Waals surface area contributed by atoms with Crippen LogP contribution in [0.15, 0.2) is 29.6 Å². The summed E-state index contributed by atoms with van der Waals surface area (Å²) in [7, 11) is 1.67. The van der Waals surface area contributed by atoms with E-state index in [0.29, 0.717) is 25.3 Å². The second kappa shape index (κ2) is 6.97. The van der Waals surface area contributed by atoms with Crippen LogP contribution in [0.2, 0.25) is 0 Å². The van der Waals surface area contributed by atoms with E-state index in [0.717, 1.165) is 29.5 Å². The highest BCUT2D eigenvalue weighted by Crippen LogP contribution is 2.22. The van der Waals surface area contributed by atoms with Crippen LogP contribution >= 0.6 is 11.3 Å². The zero-order chi connectivity index (χ0) is 16.2. The Labute approximate surface area is 139 Å². The Kier molecular flexibility index (Phi) is 4.78. The van der Waals surface area contributed by atoms with Gasteiger partial charge in [0.25, 0.3) is 5.91 Å². The summed E-state index contributed by atoms with van der Waals surface area (Å²) in [6.45, 7) is 3.35. The van der Waals surface area contributed by atoms with Gasteiger partial charge in [-0.3, -0.25) is 4.79 Å². The summed E-state index contributed by atoms with van der Waals surface area (Å²) in [6, 6.07) is 8.00. The van der Waals surface area contributed by atoms with Gasteiger partial charge in [-0.2, -0.15) is 0 Å². The lowest BCUT2D eigenvalue weighted by atomic mass is 10.2. The molecule has 1 amide bonds. The van der Waals surface area contributed by atoms with Gasteiger partial charge < -0.3 is 20.3 Å². The largest absolute Gasteiger partial charge is 0.497 e. The molecular weight excluding hydrogens is 312 g/mol. The highest BCUT2D eigenvalue weighted by atomic mass is 32.1. The summed E-state index contributed by atoms with van der Waals surface area (Å²) in [5.74, 6) is 0.837. The highest BCUT2D eigenvalue weighted by Gasteiger charge is 2.24. The van der Waals surface area contributed by atoms with Crippen molar-refractivity contribution in [3.8, 4) is 5.75 Å². The van der Waals surface area contributed by atoms with Gasteiger partial charge in [-0.1, -0.05) is 6.07 Å². The summed E-state index contributed by atoms with van der Waals surface area (Å²) in [5.41, 5.74) is 7.18. The van der Waals surface area contributed by atoms with Crippen LogP contribution in [0.4, 0.5) is 5.69 Å². The molecule has 1 fully saturated rings. The number of aromatic nitrogens is 1. The van der Waals surface area contributed by atoms with Gasteiger partial charge in [-0.15, -0.1) is 11.3 Å². The first-order chi connectivity index (χ1) is 11.2. The number of methoxy groups -OCH3 is 1. The predicted molar refractivity (Wildman–Crippen MR) is 91.1 cm³/mol. The van der Waals surface area contributed by atoms with Crippen LogP contribution in [0.5, 0.6) is 5.75 Å². The number of rotatable bonds is 4. The van der Waals surface area contributed by atoms with Crippen molar-refractivity contribution < 1.29 is 9.53 Å². The molecular formula is C16H20N4O2S. The third kappa shape index (κ3) is 3.46. The first kappa shape index (κ1) is 15.8. The Balaban J connectivity index is 1.62. The molecule has 0 atom stereocenters. The second-order valence-corrected chi connectivity index (χ2v) is 6.25. The molecule has 0 aliphatic carbocycles. The molecule has 122 valence electrons. The standard InChI is InChI=1S/C16H20N4O2S/c1-22-13-4-2-3-12(9-13)19-5-7-20(8-6-19)16(21)14-11-23-15(10-17)18-14/h2-4,9,11H,5-8,10,17H2,1H3. The number of anilines is 1. The highest BCUT2D eigenvalue weighted by molar-refractivity contribution is 7.09. The van der Waals surface area contributed by atoms with E-state index < -0.39 is 0 Å². The molecule has 1 aromatic heterocycles. The Bertz CT molecular complexity index is 680. The maximum absolute atomic E-state index is 12.5. The molecule has 0 spiro atoms. The van der Waals surface area contributed by atoms with E-state index in [4.69, 9.17) is 10.5 Å². The predicted octanol–water partition coefficient (Wildman–Crippen LogP) is 1.57. The molecule has 1 aliphatic rings. The average molecular weight is 332 g/mol. The Morgan fingerprint density at radius 3 is 2.78 bits per heavy atom. The first-order valence-electron chi connectivity index (χ1n) is 7.54. The number of benzene rings is 1. The second-order valence-electron chi connectivity index (χ2n) is 5.31. The maximum Gasteiger partial charge on any atom is 0.273 e. The van der Waals surface area contributed by atoms with Crippen molar-refractivity contribution in [2.75, 3.05) is 38.2 Å². The van der Waals surface area contributed by atoms with Gasteiger partial charge in [-0.05, 0) is 12.1 Å². The maximum atomic E-state index is 12.5. The summed E-state index contributed by atoms with van der Waals surface area (Å²) in [5, 5.41) is 2.59. The van der Waals surface area contributed by atoms with Gasteiger partial charge in [0.2, 0.25) is 0 Å². The molecule has 23 heavy (non-hydrogen) atoms. The monoisotopic (exact) mass is 332 g/mol. The number of amides is 1. The van der Waals surface area contributed by atoms with Crippen LogP contribution in [-0.2, 0) is 6.54 Å². The topological polar surface area (TPSA) is 71.7 Å². The van der Waals surface area contributed by atoms with E-state index in [-0.39, 0.29) is 5.91 Å². The molecule has 1 saturated heterocycles. The van der Waals surface area contributed by atoms with Crippen molar-refractivity contribution in [3.05, 3.63) is 40.3 Å². The lowest BCUT2D eigenvalue weighted by Crippen LogP contribution is -2.48. The van der Waals surface area contributed by atoms with E-state index in [1.54, 1.807) is 12.5 Å². The van der Waals surface area contributed by atoms with Crippen LogP contribution in [0, 0.1) is 0 Å². The molecule has 1 aromatic carbocycles. The third-order valence-corrected chi connectivity index (χ3v) is 4.80. The number of hydrogen-bond donors (Lipinski definition) is 1. The SMILES string of the molecule is COc1cccc(N2CCN(C(=O)c3csc(CN)n3)CC2)c1. The Morgan fingerprint density at radius 1 is 1.35 bits per heavy atom. The van der Waals surface area contributed by atoms with E-state index in [1.807, 2.05) is 23.1 Å². The lowest BCUT2D eigenvalue weighted by molar-refractivity contribution is 0.0741. The van der Waals surface area contributed by atoms with E-state index >= 15 is 0 Å². The summed E-state index contributed by atoms with van der Waals surface area (Å²) in [4.78, 5) is 20.9. The van der Waals surface area contributed by atoms with Crippen LogP contribution in [0.1, 0.15) is 15.5 Å². The van der Waals surface area contributed by atoms with Crippen molar-refractivity contribution >= 4 is 22.9 Å². The van der Waals surface area contributed by atoms with Gasteiger partial charge in [0.15, 0.2) is 0 Å².